The van der Waals surface area contributed by atoms with Crippen molar-refractivity contribution in [2.45, 2.75) is 290 Å². The summed E-state index contributed by atoms with van der Waals surface area (Å²) in [6.45, 7) is 6.45. The molecule has 0 fully saturated rings. The number of ether oxygens (including phenoxy) is 3. The molecule has 0 rings (SSSR count). The van der Waals surface area contributed by atoms with E-state index in [2.05, 4.69) is 154 Å². The predicted octanol–water partition coefficient (Wildman–Crippen LogP) is 22.2. The molecule has 0 amide bonds. The third kappa shape index (κ3) is 62.4. The highest BCUT2D eigenvalue weighted by Crippen LogP contribution is 2.14. The maximum Gasteiger partial charge on any atom is 0.306 e. The fourth-order valence-corrected chi connectivity index (χ4v) is 8.54. The van der Waals surface area contributed by atoms with Crippen molar-refractivity contribution in [2.24, 2.45) is 0 Å². The average Bonchev–Trinajstić information content (AvgIpc) is 3.44. The molecule has 78 heavy (non-hydrogen) atoms. The second-order valence-electron chi connectivity index (χ2n) is 20.9. The van der Waals surface area contributed by atoms with Crippen molar-refractivity contribution in [1.29, 1.82) is 0 Å². The van der Waals surface area contributed by atoms with E-state index in [1.54, 1.807) is 0 Å². The monoisotopic (exact) mass is 1080 g/mol. The first-order chi connectivity index (χ1) is 38.5. The van der Waals surface area contributed by atoms with Gasteiger partial charge in [-0.25, -0.2) is 0 Å². The van der Waals surface area contributed by atoms with Crippen molar-refractivity contribution >= 4 is 17.9 Å². The first-order valence-corrected chi connectivity index (χ1v) is 32.2. The standard InChI is InChI=1S/C72H118O6/c1-4-7-10-13-16-19-22-25-28-31-33-35-36-38-39-41-44-47-50-53-56-59-62-65-71(74)77-68-69(67-76-70(73)64-61-58-55-52-49-46-43-30-27-24-21-18-15-12-9-6-3)78-72(75)66-63-60-57-54-51-48-45-42-40-37-34-32-29-26-23-20-17-14-11-8-5-2/h8,11,17,20-22,24-26,29-31,33-34,36-38,42-43,45,51,54,69H,4-7,9-10,12-16,18-19,23,27-28,32,35,39-41,44,46-50,52-53,55-68H2,1-3H3/b11-8-,20-17-,24-21-,25-22-,29-26-,33-31-,37-34-,38-36-,43-30-,45-42-,54-51-. The minimum atomic E-state index is -0.817. The predicted molar refractivity (Wildman–Crippen MR) is 339 cm³/mol. The summed E-state index contributed by atoms with van der Waals surface area (Å²) in [6, 6.07) is 0. The Bertz CT molecular complexity index is 1670. The second-order valence-corrected chi connectivity index (χ2v) is 20.9. The number of rotatable bonds is 57. The summed E-state index contributed by atoms with van der Waals surface area (Å²) in [5.41, 5.74) is 0. The minimum absolute atomic E-state index is 0.108. The van der Waals surface area contributed by atoms with E-state index in [1.165, 1.54) is 103 Å². The number of unbranched alkanes of at least 4 members (excludes halogenated alkanes) is 24. The van der Waals surface area contributed by atoms with Crippen LogP contribution in [0.1, 0.15) is 284 Å². The lowest BCUT2D eigenvalue weighted by atomic mass is 10.1. The first-order valence-electron chi connectivity index (χ1n) is 32.2. The lowest BCUT2D eigenvalue weighted by molar-refractivity contribution is -0.167. The molecule has 0 heterocycles. The third-order valence-corrected chi connectivity index (χ3v) is 13.4. The molecular weight excluding hydrogens is 961 g/mol. The number of hydrogen-bond acceptors (Lipinski definition) is 6. The summed E-state index contributed by atoms with van der Waals surface area (Å²) in [5, 5.41) is 0. The van der Waals surface area contributed by atoms with Crippen molar-refractivity contribution in [2.75, 3.05) is 13.2 Å². The Morgan fingerprint density at radius 1 is 0.269 bits per heavy atom. The van der Waals surface area contributed by atoms with Gasteiger partial charge in [0.25, 0.3) is 0 Å². The Hall–Kier alpha value is -4.45. The van der Waals surface area contributed by atoms with Crippen LogP contribution in [0.5, 0.6) is 0 Å². The van der Waals surface area contributed by atoms with Crippen molar-refractivity contribution < 1.29 is 28.6 Å². The van der Waals surface area contributed by atoms with Gasteiger partial charge in [-0.3, -0.25) is 14.4 Å². The molecule has 0 N–H and O–H groups in total. The maximum atomic E-state index is 12.9. The van der Waals surface area contributed by atoms with E-state index in [1.807, 2.05) is 0 Å². The molecule has 6 nitrogen and oxygen atoms in total. The molecule has 442 valence electrons. The van der Waals surface area contributed by atoms with Crippen LogP contribution in [0.3, 0.4) is 0 Å². The molecule has 0 spiro atoms. The summed E-state index contributed by atoms with van der Waals surface area (Å²) < 4.78 is 16.9. The molecule has 0 bridgehead atoms. The van der Waals surface area contributed by atoms with Gasteiger partial charge in [0.15, 0.2) is 6.10 Å². The zero-order valence-corrected chi connectivity index (χ0v) is 50.6. The van der Waals surface area contributed by atoms with Crippen LogP contribution in [0.2, 0.25) is 0 Å². The SMILES string of the molecule is CC/C=C\C/C=C\C/C=C\C/C=C\C/C=C\C/C=C\CCCCC(=O)OC(COC(=O)CCCCCCC/C=C\C/C=C\CCCCCC)COC(=O)CCCCCCCCCC/C=C\C/C=C\C/C=C\CCCCCCC. The van der Waals surface area contributed by atoms with Gasteiger partial charge in [0.05, 0.1) is 0 Å². The van der Waals surface area contributed by atoms with Crippen LogP contribution in [0, 0.1) is 0 Å². The number of carbonyl (C=O) groups is 3. The fraction of sp³-hybridized carbons (Fsp3) is 0.653. The quantitative estimate of drug-likeness (QED) is 0.0261. The lowest BCUT2D eigenvalue weighted by Crippen LogP contribution is -2.30. The number of esters is 3. The Balaban J connectivity index is 4.50. The summed E-state index contributed by atoms with van der Waals surface area (Å²) >= 11 is 0. The smallest absolute Gasteiger partial charge is 0.306 e. The molecule has 0 radical (unpaired) electrons. The van der Waals surface area contributed by atoms with Crippen LogP contribution in [0.4, 0.5) is 0 Å². The van der Waals surface area contributed by atoms with E-state index in [9.17, 15) is 14.4 Å². The van der Waals surface area contributed by atoms with E-state index in [4.69, 9.17) is 14.2 Å². The molecule has 6 heteroatoms. The van der Waals surface area contributed by atoms with Gasteiger partial charge in [-0.05, 0) is 141 Å². The van der Waals surface area contributed by atoms with Gasteiger partial charge >= 0.3 is 17.9 Å². The zero-order valence-electron chi connectivity index (χ0n) is 50.6. The number of allylic oxidation sites excluding steroid dienone is 22. The Labute approximate surface area is 481 Å². The molecular formula is C72H118O6. The van der Waals surface area contributed by atoms with Gasteiger partial charge < -0.3 is 14.2 Å². The maximum absolute atomic E-state index is 12.9. The van der Waals surface area contributed by atoms with Crippen LogP contribution in [-0.2, 0) is 28.6 Å². The molecule has 0 aliphatic carbocycles. The number of hydrogen-bond donors (Lipinski definition) is 0. The van der Waals surface area contributed by atoms with Gasteiger partial charge in [-0.2, -0.15) is 0 Å². The minimum Gasteiger partial charge on any atom is -0.462 e. The van der Waals surface area contributed by atoms with E-state index < -0.39 is 6.10 Å². The molecule has 1 unspecified atom stereocenters. The second kappa shape index (κ2) is 65.1. The molecule has 1 atom stereocenters. The summed E-state index contributed by atoms with van der Waals surface area (Å²) in [5.74, 6) is -0.971. The fourth-order valence-electron chi connectivity index (χ4n) is 8.54. The molecule has 0 aliphatic rings. The number of carbonyl (C=O) groups excluding carboxylic acids is 3. The van der Waals surface area contributed by atoms with Crippen molar-refractivity contribution in [1.82, 2.24) is 0 Å². The lowest BCUT2D eigenvalue weighted by Gasteiger charge is -2.18. The molecule has 0 saturated heterocycles. The van der Waals surface area contributed by atoms with E-state index in [0.29, 0.717) is 19.3 Å². The van der Waals surface area contributed by atoms with E-state index >= 15 is 0 Å². The zero-order chi connectivity index (χ0) is 56.4. The van der Waals surface area contributed by atoms with Crippen molar-refractivity contribution in [3.63, 3.8) is 0 Å². The highest BCUT2D eigenvalue weighted by atomic mass is 16.6. The van der Waals surface area contributed by atoms with Gasteiger partial charge in [0.2, 0.25) is 0 Å². The van der Waals surface area contributed by atoms with Crippen molar-refractivity contribution in [3.05, 3.63) is 134 Å². The first kappa shape index (κ1) is 73.5. The topological polar surface area (TPSA) is 78.9 Å². The highest BCUT2D eigenvalue weighted by molar-refractivity contribution is 5.71. The van der Waals surface area contributed by atoms with Gasteiger partial charge in [-0.15, -0.1) is 0 Å². The van der Waals surface area contributed by atoms with Gasteiger partial charge in [0, 0.05) is 19.3 Å². The van der Waals surface area contributed by atoms with Crippen LogP contribution < -0.4 is 0 Å². The van der Waals surface area contributed by atoms with Crippen LogP contribution in [-0.4, -0.2) is 37.2 Å². The molecule has 0 aromatic rings. The molecule has 0 aromatic carbocycles. The van der Waals surface area contributed by atoms with Crippen LogP contribution in [0.15, 0.2) is 134 Å². The Morgan fingerprint density at radius 3 is 0.821 bits per heavy atom. The van der Waals surface area contributed by atoms with Gasteiger partial charge in [-0.1, -0.05) is 257 Å². The van der Waals surface area contributed by atoms with E-state index in [-0.39, 0.29) is 37.5 Å². The molecule has 0 aromatic heterocycles. The highest BCUT2D eigenvalue weighted by Gasteiger charge is 2.19. The normalized spacial score (nSPS) is 13.0. The summed E-state index contributed by atoms with van der Waals surface area (Å²) in [4.78, 5) is 38.3. The van der Waals surface area contributed by atoms with E-state index in [0.717, 1.165) is 135 Å². The Kier molecular flexibility index (Phi) is 61.4. The molecule has 0 aliphatic heterocycles. The third-order valence-electron chi connectivity index (χ3n) is 13.4. The van der Waals surface area contributed by atoms with Gasteiger partial charge in [0.1, 0.15) is 13.2 Å². The molecule has 0 saturated carbocycles. The van der Waals surface area contributed by atoms with Crippen LogP contribution >= 0.6 is 0 Å². The van der Waals surface area contributed by atoms with Crippen molar-refractivity contribution in [3.8, 4) is 0 Å². The average molecular weight is 1080 g/mol. The largest absolute Gasteiger partial charge is 0.462 e. The summed E-state index contributed by atoms with van der Waals surface area (Å²) in [7, 11) is 0. The Morgan fingerprint density at radius 2 is 0.500 bits per heavy atom. The summed E-state index contributed by atoms with van der Waals surface area (Å²) in [6.07, 6.45) is 91.6. The van der Waals surface area contributed by atoms with Crippen LogP contribution in [0.25, 0.3) is 0 Å².